The van der Waals surface area contributed by atoms with E-state index in [4.69, 9.17) is 5.73 Å². The molecule has 0 aliphatic carbocycles. The van der Waals surface area contributed by atoms with Crippen molar-refractivity contribution in [3.05, 3.63) is 16.9 Å². The summed E-state index contributed by atoms with van der Waals surface area (Å²) in [5.74, 6) is 0. The Morgan fingerprint density at radius 2 is 2.22 bits per heavy atom. The molecule has 0 radical (unpaired) electrons. The van der Waals surface area contributed by atoms with Gasteiger partial charge in [0.1, 0.15) is 0 Å². The lowest BCUT2D eigenvalue weighted by molar-refractivity contribution is 0.188. The van der Waals surface area contributed by atoms with E-state index in [9.17, 15) is 0 Å². The third-order valence-electron chi connectivity index (χ3n) is 4.10. The molecule has 2 aliphatic heterocycles. The van der Waals surface area contributed by atoms with Crippen molar-refractivity contribution in [2.45, 2.75) is 37.8 Å². The molecule has 0 spiro atoms. The molecule has 2 unspecified atom stereocenters. The minimum Gasteiger partial charge on any atom is -0.396 e. The summed E-state index contributed by atoms with van der Waals surface area (Å²) in [7, 11) is 0. The fourth-order valence-corrected chi connectivity index (χ4v) is 3.62. The van der Waals surface area contributed by atoms with E-state index >= 15 is 0 Å². The largest absolute Gasteiger partial charge is 0.396 e. The van der Waals surface area contributed by atoms with Crippen molar-refractivity contribution in [2.24, 2.45) is 0 Å². The highest BCUT2D eigenvalue weighted by Crippen LogP contribution is 2.32. The van der Waals surface area contributed by atoms with Gasteiger partial charge in [-0.05, 0) is 48.2 Å². The summed E-state index contributed by atoms with van der Waals surface area (Å²) in [6.07, 6.45) is 8.64. The maximum absolute atomic E-state index is 5.98. The van der Waals surface area contributed by atoms with Crippen LogP contribution in [0.15, 0.2) is 16.9 Å². The number of nitrogens with one attached hydrogen (secondary N) is 1. The number of nitrogens with zero attached hydrogens (tertiary/aromatic N) is 2. The van der Waals surface area contributed by atoms with Crippen LogP contribution in [-0.4, -0.2) is 35.1 Å². The molecule has 0 saturated carbocycles. The second-order valence-corrected chi connectivity index (χ2v) is 6.14. The van der Waals surface area contributed by atoms with Gasteiger partial charge in [-0.15, -0.1) is 0 Å². The lowest BCUT2D eigenvalue weighted by Gasteiger charge is -2.35. The van der Waals surface area contributed by atoms with Gasteiger partial charge in [-0.25, -0.2) is 0 Å². The summed E-state index contributed by atoms with van der Waals surface area (Å²) in [6.45, 7) is 2.50. The van der Waals surface area contributed by atoms with E-state index in [1.54, 1.807) is 12.4 Å². The first-order valence-electron chi connectivity index (χ1n) is 6.63. The zero-order valence-corrected chi connectivity index (χ0v) is 12.0. The number of pyridine rings is 1. The fourth-order valence-electron chi connectivity index (χ4n) is 3.16. The van der Waals surface area contributed by atoms with E-state index in [1.165, 1.54) is 38.8 Å². The molecule has 1 aromatic rings. The molecule has 0 amide bonds. The van der Waals surface area contributed by atoms with Gasteiger partial charge in [0.05, 0.1) is 22.0 Å². The summed E-state index contributed by atoms with van der Waals surface area (Å²) in [5, 5.41) is 3.59. The second kappa shape index (κ2) is 5.05. The maximum Gasteiger partial charge on any atom is 0.0752 e. The van der Waals surface area contributed by atoms with Gasteiger partial charge in [-0.2, -0.15) is 0 Å². The van der Waals surface area contributed by atoms with Gasteiger partial charge in [0, 0.05) is 24.8 Å². The van der Waals surface area contributed by atoms with Crippen LogP contribution in [0.4, 0.5) is 11.4 Å². The van der Waals surface area contributed by atoms with E-state index < -0.39 is 0 Å². The van der Waals surface area contributed by atoms with Crippen molar-refractivity contribution in [3.8, 4) is 0 Å². The van der Waals surface area contributed by atoms with E-state index in [1.807, 2.05) is 0 Å². The average molecular weight is 311 g/mol. The normalized spacial score (nSPS) is 28.1. The highest BCUT2D eigenvalue weighted by atomic mass is 79.9. The molecule has 4 nitrogen and oxygen atoms in total. The predicted octanol–water partition coefficient (Wildman–Crippen LogP) is 2.47. The van der Waals surface area contributed by atoms with Crippen molar-refractivity contribution in [3.63, 3.8) is 0 Å². The Morgan fingerprint density at radius 3 is 3.06 bits per heavy atom. The molecular formula is C13H19BrN4. The first kappa shape index (κ1) is 12.2. The van der Waals surface area contributed by atoms with Crippen LogP contribution in [0, 0.1) is 0 Å². The molecule has 2 aliphatic rings. The highest BCUT2D eigenvalue weighted by molar-refractivity contribution is 9.10. The molecule has 0 bridgehead atoms. The number of halogens is 1. The fraction of sp³-hybridized carbons (Fsp3) is 0.615. The minimum absolute atomic E-state index is 0.533. The first-order valence-corrected chi connectivity index (χ1v) is 7.43. The Hall–Kier alpha value is -0.810. The molecule has 3 N–H and O–H groups in total. The topological polar surface area (TPSA) is 54.2 Å². The third kappa shape index (κ3) is 2.34. The summed E-state index contributed by atoms with van der Waals surface area (Å²) >= 11 is 3.51. The summed E-state index contributed by atoms with van der Waals surface area (Å²) in [6, 6.07) is 1.31. The van der Waals surface area contributed by atoms with Gasteiger partial charge in [-0.3, -0.25) is 4.98 Å². The molecule has 2 fully saturated rings. The molecule has 3 heterocycles. The van der Waals surface area contributed by atoms with E-state index in [-0.39, 0.29) is 0 Å². The van der Waals surface area contributed by atoms with Crippen molar-refractivity contribution in [1.82, 2.24) is 9.88 Å². The Labute approximate surface area is 116 Å². The number of hydrogen-bond acceptors (Lipinski definition) is 4. The zero-order chi connectivity index (χ0) is 12.5. The number of nitrogens with two attached hydrogens (primary N) is 1. The monoisotopic (exact) mass is 310 g/mol. The highest BCUT2D eigenvalue weighted by Gasteiger charge is 2.31. The number of nitrogen functional groups attached to an aromatic ring is 1. The molecule has 98 valence electrons. The van der Waals surface area contributed by atoms with E-state index in [0.29, 0.717) is 6.04 Å². The van der Waals surface area contributed by atoms with Crippen molar-refractivity contribution < 1.29 is 0 Å². The Morgan fingerprint density at radius 1 is 1.33 bits per heavy atom. The molecule has 1 aromatic heterocycles. The summed E-state index contributed by atoms with van der Waals surface area (Å²) in [4.78, 5) is 6.70. The van der Waals surface area contributed by atoms with Crippen LogP contribution in [0.3, 0.4) is 0 Å². The maximum atomic E-state index is 5.98. The molecule has 2 saturated heterocycles. The molecular weight excluding hydrogens is 292 g/mol. The van der Waals surface area contributed by atoms with Crippen molar-refractivity contribution in [1.29, 1.82) is 0 Å². The molecule has 0 aromatic carbocycles. The van der Waals surface area contributed by atoms with Gasteiger partial charge in [0.2, 0.25) is 0 Å². The van der Waals surface area contributed by atoms with Crippen molar-refractivity contribution in [2.75, 3.05) is 24.1 Å². The molecule has 5 heteroatoms. The number of piperidine rings is 1. The van der Waals surface area contributed by atoms with Gasteiger partial charge >= 0.3 is 0 Å². The number of rotatable bonds is 2. The standard InChI is InChI=1S/C13H19BrN4/c14-11-7-16-8-12(15)13(11)17-9-3-5-18-4-1-2-10(18)6-9/h7-10H,1-6,15H2,(H,16,17). The minimum atomic E-state index is 0.533. The average Bonchev–Trinajstić information content (AvgIpc) is 2.81. The number of fused-ring (bicyclic) bond motifs is 1. The van der Waals surface area contributed by atoms with E-state index in [0.717, 1.165) is 21.9 Å². The van der Waals surface area contributed by atoms with Crippen LogP contribution in [0.25, 0.3) is 0 Å². The van der Waals surface area contributed by atoms with Crippen LogP contribution in [0.2, 0.25) is 0 Å². The number of hydrogen-bond donors (Lipinski definition) is 2. The lowest BCUT2D eigenvalue weighted by Crippen LogP contribution is -2.42. The predicted molar refractivity (Wildman–Crippen MR) is 77.6 cm³/mol. The third-order valence-corrected chi connectivity index (χ3v) is 4.70. The summed E-state index contributed by atoms with van der Waals surface area (Å²) < 4.78 is 0.955. The van der Waals surface area contributed by atoms with Crippen LogP contribution in [-0.2, 0) is 0 Å². The number of aromatic nitrogens is 1. The Balaban J connectivity index is 1.69. The number of anilines is 2. The quantitative estimate of drug-likeness (QED) is 0.881. The Kier molecular flexibility index (Phi) is 3.43. The zero-order valence-electron chi connectivity index (χ0n) is 10.4. The smallest absolute Gasteiger partial charge is 0.0752 e. The Bertz CT molecular complexity index is 417. The first-order chi connectivity index (χ1) is 8.74. The van der Waals surface area contributed by atoms with Gasteiger partial charge in [0.15, 0.2) is 0 Å². The molecule has 18 heavy (non-hydrogen) atoms. The van der Waals surface area contributed by atoms with Crippen LogP contribution in [0.1, 0.15) is 25.7 Å². The molecule has 3 rings (SSSR count). The van der Waals surface area contributed by atoms with Crippen molar-refractivity contribution >= 4 is 27.3 Å². The SMILES string of the molecule is Nc1cncc(Br)c1NC1CCN2CCCC2C1. The summed E-state index contributed by atoms with van der Waals surface area (Å²) in [5.41, 5.74) is 7.70. The molecule has 2 atom stereocenters. The van der Waals surface area contributed by atoms with Crippen LogP contribution < -0.4 is 11.1 Å². The lowest BCUT2D eigenvalue weighted by atomic mass is 9.97. The van der Waals surface area contributed by atoms with Gasteiger partial charge in [-0.1, -0.05) is 0 Å². The van der Waals surface area contributed by atoms with Crippen LogP contribution >= 0.6 is 15.9 Å². The van der Waals surface area contributed by atoms with E-state index in [2.05, 4.69) is 31.1 Å². The van der Waals surface area contributed by atoms with Crippen LogP contribution in [0.5, 0.6) is 0 Å². The van der Waals surface area contributed by atoms with Gasteiger partial charge in [0.25, 0.3) is 0 Å². The van der Waals surface area contributed by atoms with Gasteiger partial charge < -0.3 is 16.0 Å². The second-order valence-electron chi connectivity index (χ2n) is 5.28.